The number of ketones is 2. The average molecular weight is 394 g/mol. The molecule has 0 radical (unpaired) electrons. The zero-order valence-electron chi connectivity index (χ0n) is 16.6. The lowest BCUT2D eigenvalue weighted by Crippen LogP contribution is -2.24. The Bertz CT molecular complexity index is 1700. The summed E-state index contributed by atoms with van der Waals surface area (Å²) >= 11 is 0. The van der Waals surface area contributed by atoms with Gasteiger partial charge in [-0.2, -0.15) is 0 Å². The predicted molar refractivity (Wildman–Crippen MR) is 121 cm³/mol. The van der Waals surface area contributed by atoms with Crippen LogP contribution < -0.4 is 0 Å². The van der Waals surface area contributed by atoms with Crippen molar-refractivity contribution in [3.05, 3.63) is 104 Å². The second-order valence-corrected chi connectivity index (χ2v) is 9.46. The maximum absolute atomic E-state index is 13.8. The Morgan fingerprint density at radius 3 is 1.29 bits per heavy atom. The van der Waals surface area contributed by atoms with Crippen LogP contribution in [0.3, 0.4) is 0 Å². The monoisotopic (exact) mass is 394 g/mol. The second kappa shape index (κ2) is 4.45. The normalized spacial score (nSPS) is 16.1. The largest absolute Gasteiger partial charge is 0.289 e. The lowest BCUT2D eigenvalue weighted by atomic mass is 9.77. The first kappa shape index (κ1) is 15.1. The van der Waals surface area contributed by atoms with Crippen LogP contribution in [0, 0.1) is 0 Å². The molecule has 4 aliphatic rings. The lowest BCUT2D eigenvalue weighted by molar-refractivity contribution is 0.0978. The summed E-state index contributed by atoms with van der Waals surface area (Å²) in [6.07, 6.45) is 2.47. The van der Waals surface area contributed by atoms with Gasteiger partial charge in [-0.05, 0) is 85.0 Å². The first-order chi connectivity index (χ1) is 15.2. The van der Waals surface area contributed by atoms with Gasteiger partial charge in [0.2, 0.25) is 0 Å². The van der Waals surface area contributed by atoms with E-state index >= 15 is 0 Å². The molecular formula is C29H14O2. The lowest BCUT2D eigenvalue weighted by Gasteiger charge is -2.23. The molecule has 2 nitrogen and oxygen atoms in total. The van der Waals surface area contributed by atoms with Crippen molar-refractivity contribution in [3.8, 4) is 0 Å². The van der Waals surface area contributed by atoms with Gasteiger partial charge in [-0.1, -0.05) is 48.5 Å². The maximum atomic E-state index is 13.8. The molecule has 142 valence electrons. The van der Waals surface area contributed by atoms with Crippen LogP contribution in [0.15, 0.2) is 48.5 Å². The third kappa shape index (κ3) is 1.39. The van der Waals surface area contributed by atoms with Crippen LogP contribution >= 0.6 is 0 Å². The molecule has 5 aromatic rings. The molecule has 0 amide bonds. The molecule has 9 rings (SSSR count). The van der Waals surface area contributed by atoms with E-state index in [1.54, 1.807) is 0 Å². The smallest absolute Gasteiger partial charge is 0.194 e. The molecule has 0 unspecified atom stereocenters. The van der Waals surface area contributed by atoms with Gasteiger partial charge in [-0.3, -0.25) is 9.59 Å². The molecule has 0 spiro atoms. The highest BCUT2D eigenvalue weighted by Crippen LogP contribution is 2.55. The zero-order valence-corrected chi connectivity index (χ0v) is 16.6. The average Bonchev–Trinajstić information content (AvgIpc) is 3.46. The van der Waals surface area contributed by atoms with Gasteiger partial charge in [-0.25, -0.2) is 0 Å². The van der Waals surface area contributed by atoms with Crippen molar-refractivity contribution < 1.29 is 9.59 Å². The van der Waals surface area contributed by atoms with Crippen molar-refractivity contribution >= 4 is 43.9 Å². The third-order valence-electron chi connectivity index (χ3n) is 8.20. The van der Waals surface area contributed by atoms with E-state index in [1.807, 2.05) is 24.3 Å². The van der Waals surface area contributed by atoms with Gasteiger partial charge in [0, 0.05) is 22.3 Å². The van der Waals surface area contributed by atoms with Crippen molar-refractivity contribution in [2.24, 2.45) is 0 Å². The minimum atomic E-state index is 0.0196. The van der Waals surface area contributed by atoms with Crippen molar-refractivity contribution in [1.29, 1.82) is 0 Å². The fourth-order valence-electron chi connectivity index (χ4n) is 7.10. The summed E-state index contributed by atoms with van der Waals surface area (Å²) in [6, 6.07) is 16.4. The van der Waals surface area contributed by atoms with E-state index < -0.39 is 0 Å². The molecule has 0 fully saturated rings. The molecule has 4 aliphatic carbocycles. The van der Waals surface area contributed by atoms with E-state index in [2.05, 4.69) is 24.3 Å². The van der Waals surface area contributed by atoms with Gasteiger partial charge >= 0.3 is 0 Å². The number of carbonyl (C=O) groups is 2. The Kier molecular flexibility index (Phi) is 2.17. The predicted octanol–water partition coefficient (Wildman–Crippen LogP) is 5.63. The number of fused-ring (bicyclic) bond motifs is 4. The summed E-state index contributed by atoms with van der Waals surface area (Å²) in [5, 5.41) is 8.00. The Morgan fingerprint density at radius 1 is 0.452 bits per heavy atom. The molecule has 0 bridgehead atoms. The SMILES string of the molecule is O=C1c2ccccc2C(=O)c2c1c1c3c4c(ccc5c4c4c(ccc6c4c3c2C6)C5)C1. The van der Waals surface area contributed by atoms with Crippen molar-refractivity contribution in [3.63, 3.8) is 0 Å². The Hall–Kier alpha value is -3.78. The Balaban J connectivity index is 1.60. The van der Waals surface area contributed by atoms with Crippen LogP contribution in [0.1, 0.15) is 65.2 Å². The van der Waals surface area contributed by atoms with Crippen molar-refractivity contribution in [2.45, 2.75) is 19.3 Å². The second-order valence-electron chi connectivity index (χ2n) is 9.46. The Morgan fingerprint density at radius 2 is 0.839 bits per heavy atom. The van der Waals surface area contributed by atoms with E-state index in [-0.39, 0.29) is 11.6 Å². The molecule has 0 saturated carbocycles. The van der Waals surface area contributed by atoms with E-state index in [0.29, 0.717) is 22.3 Å². The molecule has 0 N–H and O–H groups in total. The molecular weight excluding hydrogens is 380 g/mol. The van der Waals surface area contributed by atoms with Gasteiger partial charge < -0.3 is 0 Å². The van der Waals surface area contributed by atoms with Gasteiger partial charge in [0.25, 0.3) is 0 Å². The maximum Gasteiger partial charge on any atom is 0.194 e. The minimum Gasteiger partial charge on any atom is -0.289 e. The fraction of sp³-hybridized carbons (Fsp3) is 0.103. The van der Waals surface area contributed by atoms with Crippen LogP contribution in [-0.4, -0.2) is 11.6 Å². The fourth-order valence-corrected chi connectivity index (χ4v) is 7.10. The van der Waals surface area contributed by atoms with Gasteiger partial charge in [0.15, 0.2) is 11.6 Å². The van der Waals surface area contributed by atoms with E-state index in [4.69, 9.17) is 0 Å². The first-order valence-electron chi connectivity index (χ1n) is 10.9. The summed E-state index contributed by atoms with van der Waals surface area (Å²) in [7, 11) is 0. The molecule has 0 saturated heterocycles. The summed E-state index contributed by atoms with van der Waals surface area (Å²) < 4.78 is 0. The Labute approximate surface area is 177 Å². The van der Waals surface area contributed by atoms with Crippen molar-refractivity contribution in [1.82, 2.24) is 0 Å². The highest BCUT2D eigenvalue weighted by atomic mass is 16.1. The first-order valence-corrected chi connectivity index (χ1v) is 10.9. The highest BCUT2D eigenvalue weighted by Gasteiger charge is 2.40. The van der Waals surface area contributed by atoms with E-state index in [0.717, 1.165) is 30.4 Å². The molecule has 0 atom stereocenters. The van der Waals surface area contributed by atoms with Crippen molar-refractivity contribution in [2.75, 3.05) is 0 Å². The molecule has 0 heterocycles. The van der Waals surface area contributed by atoms with Crippen LogP contribution in [-0.2, 0) is 19.3 Å². The summed E-state index contributed by atoms with van der Waals surface area (Å²) in [5.41, 5.74) is 10.0. The zero-order chi connectivity index (χ0) is 20.2. The minimum absolute atomic E-state index is 0.0196. The highest BCUT2D eigenvalue weighted by molar-refractivity contribution is 6.38. The number of hydrogen-bond acceptors (Lipinski definition) is 2. The van der Waals surface area contributed by atoms with E-state index in [9.17, 15) is 9.59 Å². The van der Waals surface area contributed by atoms with Crippen LogP contribution in [0.5, 0.6) is 0 Å². The number of hydrogen-bond donors (Lipinski definition) is 0. The number of carbonyl (C=O) groups excluding carboxylic acids is 2. The standard InChI is InChI=1S/C29H14O2/c30-28-16-3-1-2-4-17(16)29(31)27-19-11-15-8-6-13-9-12-5-7-14-10-18(26(27)28)24-22(14)20(12)21(13)23(15)25(19)24/h1-8H,9-11H2. The molecule has 31 heavy (non-hydrogen) atoms. The van der Waals surface area contributed by atoms with E-state index in [1.165, 1.54) is 54.6 Å². The van der Waals surface area contributed by atoms with Gasteiger partial charge in [0.1, 0.15) is 0 Å². The molecule has 2 heteroatoms. The summed E-state index contributed by atoms with van der Waals surface area (Å²) in [6.45, 7) is 0. The number of benzene rings is 5. The topological polar surface area (TPSA) is 34.1 Å². The van der Waals surface area contributed by atoms with Gasteiger partial charge in [-0.15, -0.1) is 0 Å². The van der Waals surface area contributed by atoms with Crippen LogP contribution in [0.2, 0.25) is 0 Å². The molecule has 0 aliphatic heterocycles. The van der Waals surface area contributed by atoms with Crippen LogP contribution in [0.4, 0.5) is 0 Å². The molecule has 5 aromatic carbocycles. The third-order valence-corrected chi connectivity index (χ3v) is 8.20. The van der Waals surface area contributed by atoms with Crippen LogP contribution in [0.25, 0.3) is 32.3 Å². The summed E-state index contributed by atoms with van der Waals surface area (Å²) in [4.78, 5) is 27.5. The molecule has 0 aromatic heterocycles. The quantitative estimate of drug-likeness (QED) is 0.312. The summed E-state index contributed by atoms with van der Waals surface area (Å²) in [5.74, 6) is 0.0392. The van der Waals surface area contributed by atoms with Gasteiger partial charge in [0.05, 0.1) is 0 Å². The number of rotatable bonds is 0.